The minimum Gasteiger partial charge on any atom is -0.459 e. The molecule has 1 N–H and O–H groups in total. The molecule has 0 aliphatic heterocycles. The molecule has 20 heavy (non-hydrogen) atoms. The molecule has 3 aromatic rings. The lowest BCUT2D eigenvalue weighted by atomic mass is 10.1. The first-order valence-electron chi connectivity index (χ1n) is 6.17. The van der Waals surface area contributed by atoms with Gasteiger partial charge in [-0.05, 0) is 11.6 Å². The molecule has 2 aromatic heterocycles. The quantitative estimate of drug-likeness (QED) is 0.793. The molecule has 0 spiro atoms. The van der Waals surface area contributed by atoms with E-state index in [4.69, 9.17) is 4.42 Å². The highest BCUT2D eigenvalue weighted by molar-refractivity contribution is 6.06. The van der Waals surface area contributed by atoms with Crippen LogP contribution in [0.3, 0.4) is 0 Å². The largest absolute Gasteiger partial charge is 0.459 e. The van der Waals surface area contributed by atoms with E-state index < -0.39 is 0 Å². The number of hydrogen-bond acceptors (Lipinski definition) is 3. The van der Waals surface area contributed by atoms with Crippen LogP contribution in [-0.4, -0.2) is 15.7 Å². The molecule has 0 fully saturated rings. The number of rotatable bonds is 3. The Morgan fingerprint density at radius 2 is 2.05 bits per heavy atom. The Labute approximate surface area is 115 Å². The fourth-order valence-electron chi connectivity index (χ4n) is 2.00. The van der Waals surface area contributed by atoms with E-state index in [9.17, 15) is 4.79 Å². The summed E-state index contributed by atoms with van der Waals surface area (Å²) >= 11 is 0. The van der Waals surface area contributed by atoms with Gasteiger partial charge in [-0.3, -0.25) is 9.48 Å². The van der Waals surface area contributed by atoms with E-state index in [0.717, 1.165) is 11.1 Å². The number of aryl methyl sites for hydroxylation is 1. The zero-order valence-corrected chi connectivity index (χ0v) is 10.9. The van der Waals surface area contributed by atoms with Crippen molar-refractivity contribution >= 4 is 11.6 Å². The predicted molar refractivity (Wildman–Crippen MR) is 75.3 cm³/mol. The van der Waals surface area contributed by atoms with Crippen molar-refractivity contribution in [3.05, 3.63) is 60.8 Å². The number of nitrogens with one attached hydrogen (secondary N) is 1. The lowest BCUT2D eigenvalue weighted by molar-refractivity contribution is 0.0997. The Kier molecular flexibility index (Phi) is 3.09. The van der Waals surface area contributed by atoms with Crippen molar-refractivity contribution in [1.29, 1.82) is 0 Å². The van der Waals surface area contributed by atoms with Gasteiger partial charge >= 0.3 is 0 Å². The monoisotopic (exact) mass is 267 g/mol. The van der Waals surface area contributed by atoms with Gasteiger partial charge in [0.05, 0.1) is 18.1 Å². The third-order valence-corrected chi connectivity index (χ3v) is 2.92. The summed E-state index contributed by atoms with van der Waals surface area (Å²) in [6, 6.07) is 11.4. The first-order chi connectivity index (χ1) is 9.74. The van der Waals surface area contributed by atoms with Crippen LogP contribution in [0.1, 0.15) is 10.6 Å². The summed E-state index contributed by atoms with van der Waals surface area (Å²) in [5.41, 5.74) is 2.34. The van der Waals surface area contributed by atoms with Crippen LogP contribution in [-0.2, 0) is 7.05 Å². The molecule has 0 saturated carbocycles. The van der Waals surface area contributed by atoms with Crippen LogP contribution >= 0.6 is 0 Å². The number of nitrogens with zero attached hydrogens (tertiary/aromatic N) is 2. The van der Waals surface area contributed by atoms with E-state index in [2.05, 4.69) is 10.4 Å². The van der Waals surface area contributed by atoms with Crippen LogP contribution in [0, 0.1) is 0 Å². The minimum absolute atomic E-state index is 0.290. The van der Waals surface area contributed by atoms with Crippen molar-refractivity contribution in [1.82, 2.24) is 9.78 Å². The van der Waals surface area contributed by atoms with E-state index in [1.165, 1.54) is 6.26 Å². The summed E-state index contributed by atoms with van der Waals surface area (Å²) in [5.74, 6) is 0.00176. The Morgan fingerprint density at radius 3 is 2.75 bits per heavy atom. The summed E-state index contributed by atoms with van der Waals surface area (Å²) in [6.45, 7) is 0. The summed E-state index contributed by atoms with van der Waals surface area (Å²) < 4.78 is 6.94. The smallest absolute Gasteiger partial charge is 0.292 e. The lowest BCUT2D eigenvalue weighted by Gasteiger charge is -2.03. The second-order valence-electron chi connectivity index (χ2n) is 4.39. The highest BCUT2D eigenvalue weighted by Gasteiger charge is 2.17. The Balaban J connectivity index is 1.88. The maximum absolute atomic E-state index is 12.2. The molecule has 5 nitrogen and oxygen atoms in total. The van der Waals surface area contributed by atoms with Gasteiger partial charge in [0.25, 0.3) is 5.91 Å². The number of anilines is 1. The van der Waals surface area contributed by atoms with Gasteiger partial charge < -0.3 is 9.73 Å². The van der Waals surface area contributed by atoms with Crippen molar-refractivity contribution in [2.75, 3.05) is 5.32 Å². The summed E-state index contributed by atoms with van der Waals surface area (Å²) in [7, 11) is 1.79. The number of hydrogen-bond donors (Lipinski definition) is 1. The van der Waals surface area contributed by atoms with Gasteiger partial charge in [-0.2, -0.15) is 5.10 Å². The van der Waals surface area contributed by atoms with Gasteiger partial charge in [-0.1, -0.05) is 30.3 Å². The maximum atomic E-state index is 12.2. The lowest BCUT2D eigenvalue weighted by Crippen LogP contribution is -2.11. The fourth-order valence-corrected chi connectivity index (χ4v) is 2.00. The van der Waals surface area contributed by atoms with Crippen LogP contribution in [0.5, 0.6) is 0 Å². The molecule has 1 aromatic carbocycles. The van der Waals surface area contributed by atoms with Crippen molar-refractivity contribution in [3.8, 4) is 11.1 Å². The number of carbonyl (C=O) groups excluding carboxylic acids is 1. The van der Waals surface area contributed by atoms with Gasteiger partial charge in [-0.15, -0.1) is 0 Å². The highest BCUT2D eigenvalue weighted by atomic mass is 16.3. The topological polar surface area (TPSA) is 60.1 Å². The molecule has 0 aliphatic carbocycles. The molecule has 2 heterocycles. The van der Waals surface area contributed by atoms with E-state index in [1.54, 1.807) is 30.2 Å². The average Bonchev–Trinajstić information content (AvgIpc) is 3.09. The van der Waals surface area contributed by atoms with Gasteiger partial charge in [0.15, 0.2) is 5.76 Å². The molecule has 100 valence electrons. The maximum Gasteiger partial charge on any atom is 0.292 e. The Bertz CT molecular complexity index is 728. The normalized spacial score (nSPS) is 10.4. The Hall–Kier alpha value is -2.82. The molecular weight excluding hydrogens is 254 g/mol. The van der Waals surface area contributed by atoms with E-state index in [1.807, 2.05) is 30.3 Å². The zero-order valence-electron chi connectivity index (χ0n) is 10.9. The number of benzene rings is 1. The van der Waals surface area contributed by atoms with Crippen molar-refractivity contribution in [3.63, 3.8) is 0 Å². The number of carbonyl (C=O) groups is 1. The van der Waals surface area contributed by atoms with Crippen LogP contribution < -0.4 is 5.32 Å². The molecule has 0 unspecified atom stereocenters. The molecule has 0 aliphatic rings. The van der Waals surface area contributed by atoms with Crippen LogP contribution in [0.4, 0.5) is 5.69 Å². The first-order valence-corrected chi connectivity index (χ1v) is 6.17. The molecule has 1 amide bonds. The second-order valence-corrected chi connectivity index (χ2v) is 4.39. The van der Waals surface area contributed by atoms with E-state index >= 15 is 0 Å². The third-order valence-electron chi connectivity index (χ3n) is 2.92. The van der Waals surface area contributed by atoms with Crippen LogP contribution in [0.25, 0.3) is 11.1 Å². The summed E-state index contributed by atoms with van der Waals surface area (Å²) in [4.78, 5) is 12.2. The van der Waals surface area contributed by atoms with Gasteiger partial charge in [0.2, 0.25) is 0 Å². The van der Waals surface area contributed by atoms with Crippen LogP contribution in [0.2, 0.25) is 0 Å². The van der Waals surface area contributed by atoms with Crippen molar-refractivity contribution < 1.29 is 9.21 Å². The standard InChI is InChI=1S/C15H13N3O2/c1-18-10-12(9-16-18)17-15(19)14-13(7-8-20-14)11-5-3-2-4-6-11/h2-10H,1H3,(H,17,19). The van der Waals surface area contributed by atoms with Gasteiger partial charge in [-0.25, -0.2) is 0 Å². The first kappa shape index (κ1) is 12.2. The molecule has 0 atom stereocenters. The fraction of sp³-hybridized carbons (Fsp3) is 0.0667. The van der Waals surface area contributed by atoms with Crippen molar-refractivity contribution in [2.24, 2.45) is 7.05 Å². The molecule has 0 saturated heterocycles. The second kappa shape index (κ2) is 5.05. The van der Waals surface area contributed by atoms with Crippen LogP contribution in [0.15, 0.2) is 59.5 Å². The molecule has 5 heteroatoms. The van der Waals surface area contributed by atoms with Crippen molar-refractivity contribution in [2.45, 2.75) is 0 Å². The molecular formula is C15H13N3O2. The SMILES string of the molecule is Cn1cc(NC(=O)c2occc2-c2ccccc2)cn1. The Morgan fingerprint density at radius 1 is 1.25 bits per heavy atom. The molecule has 0 bridgehead atoms. The number of amides is 1. The number of aromatic nitrogens is 2. The number of furan rings is 1. The minimum atomic E-state index is -0.290. The zero-order chi connectivity index (χ0) is 13.9. The third kappa shape index (κ3) is 2.33. The molecule has 0 radical (unpaired) electrons. The molecule has 3 rings (SSSR count). The average molecular weight is 267 g/mol. The summed E-state index contributed by atoms with van der Waals surface area (Å²) in [5, 5.41) is 6.76. The predicted octanol–water partition coefficient (Wildman–Crippen LogP) is 2.93. The van der Waals surface area contributed by atoms with E-state index in [-0.39, 0.29) is 5.91 Å². The summed E-state index contributed by atoms with van der Waals surface area (Å²) in [6.07, 6.45) is 4.83. The highest BCUT2D eigenvalue weighted by Crippen LogP contribution is 2.25. The van der Waals surface area contributed by atoms with E-state index in [0.29, 0.717) is 11.4 Å². The van der Waals surface area contributed by atoms with Gasteiger partial charge in [0.1, 0.15) is 0 Å². The van der Waals surface area contributed by atoms with Gasteiger partial charge in [0, 0.05) is 18.8 Å².